The van der Waals surface area contributed by atoms with Gasteiger partial charge in [-0.05, 0) is 35.4 Å². The van der Waals surface area contributed by atoms with E-state index in [-0.39, 0.29) is 11.4 Å². The predicted octanol–water partition coefficient (Wildman–Crippen LogP) is 4.66. The second kappa shape index (κ2) is 5.99. The third kappa shape index (κ3) is 3.53. The third-order valence-corrected chi connectivity index (χ3v) is 3.60. The number of benzene rings is 2. The van der Waals surface area contributed by atoms with E-state index in [2.05, 4.69) is 15.9 Å². The highest BCUT2D eigenvalue weighted by Crippen LogP contribution is 2.27. The van der Waals surface area contributed by atoms with Crippen LogP contribution in [0, 0.1) is 11.6 Å². The highest BCUT2D eigenvalue weighted by Gasteiger charge is 2.14. The Morgan fingerprint density at radius 1 is 1.21 bits per heavy atom. The molecule has 0 aromatic heterocycles. The number of hydrogen-bond donors (Lipinski definition) is 1. The minimum Gasteiger partial charge on any atom is -0.388 e. The van der Waals surface area contributed by atoms with Crippen LogP contribution in [-0.2, 0) is 6.42 Å². The molecule has 0 saturated carbocycles. The Kier molecular flexibility index (Phi) is 4.55. The van der Waals surface area contributed by atoms with Crippen LogP contribution in [0.2, 0.25) is 5.02 Å². The van der Waals surface area contributed by atoms with Gasteiger partial charge in [0.2, 0.25) is 0 Å². The van der Waals surface area contributed by atoms with Gasteiger partial charge in [-0.1, -0.05) is 39.7 Å². The van der Waals surface area contributed by atoms with Gasteiger partial charge in [0, 0.05) is 10.9 Å². The summed E-state index contributed by atoms with van der Waals surface area (Å²) < 4.78 is 27.1. The maximum absolute atomic E-state index is 13.3. The van der Waals surface area contributed by atoms with Crippen molar-refractivity contribution in [1.82, 2.24) is 0 Å². The summed E-state index contributed by atoms with van der Waals surface area (Å²) >= 11 is 8.97. The molecule has 100 valence electrons. The second-order valence-corrected chi connectivity index (χ2v) is 5.43. The fourth-order valence-corrected chi connectivity index (χ4v) is 2.49. The zero-order valence-electron chi connectivity index (χ0n) is 9.71. The lowest BCUT2D eigenvalue weighted by Crippen LogP contribution is -2.03. The number of rotatable bonds is 3. The first-order valence-electron chi connectivity index (χ1n) is 5.54. The smallest absolute Gasteiger partial charge is 0.142 e. The van der Waals surface area contributed by atoms with Crippen LogP contribution in [0.25, 0.3) is 0 Å². The second-order valence-electron chi connectivity index (χ2n) is 4.14. The molecular formula is C14H10BrClF2O. The predicted molar refractivity (Wildman–Crippen MR) is 74.2 cm³/mol. The summed E-state index contributed by atoms with van der Waals surface area (Å²) in [7, 11) is 0. The van der Waals surface area contributed by atoms with E-state index >= 15 is 0 Å². The van der Waals surface area contributed by atoms with Gasteiger partial charge in [-0.3, -0.25) is 0 Å². The average molecular weight is 348 g/mol. The van der Waals surface area contributed by atoms with Crippen molar-refractivity contribution in [3.63, 3.8) is 0 Å². The van der Waals surface area contributed by atoms with Crippen molar-refractivity contribution in [2.45, 2.75) is 12.5 Å². The summed E-state index contributed by atoms with van der Waals surface area (Å²) in [5.74, 6) is -0.986. The molecule has 0 amide bonds. The van der Waals surface area contributed by atoms with Gasteiger partial charge in [0.25, 0.3) is 0 Å². The molecule has 2 aromatic rings. The monoisotopic (exact) mass is 346 g/mol. The van der Waals surface area contributed by atoms with Gasteiger partial charge in [-0.15, -0.1) is 0 Å². The summed E-state index contributed by atoms with van der Waals surface area (Å²) in [4.78, 5) is 0. The highest BCUT2D eigenvalue weighted by atomic mass is 79.9. The molecule has 1 unspecified atom stereocenters. The normalized spacial score (nSPS) is 12.5. The van der Waals surface area contributed by atoms with Crippen LogP contribution in [0.5, 0.6) is 0 Å². The van der Waals surface area contributed by atoms with Gasteiger partial charge in [0.1, 0.15) is 11.6 Å². The van der Waals surface area contributed by atoms with Crippen LogP contribution >= 0.6 is 27.5 Å². The van der Waals surface area contributed by atoms with Gasteiger partial charge in [0.05, 0.1) is 11.1 Å². The van der Waals surface area contributed by atoms with Crippen LogP contribution in [0.1, 0.15) is 17.2 Å². The molecule has 0 radical (unpaired) electrons. The molecule has 0 heterocycles. The summed E-state index contributed by atoms with van der Waals surface area (Å²) in [6, 6.07) is 8.54. The van der Waals surface area contributed by atoms with Gasteiger partial charge in [0.15, 0.2) is 0 Å². The van der Waals surface area contributed by atoms with Crippen molar-refractivity contribution in [3.8, 4) is 0 Å². The Labute approximate surface area is 123 Å². The summed E-state index contributed by atoms with van der Waals surface area (Å²) in [6.45, 7) is 0. The maximum atomic E-state index is 13.3. The third-order valence-electron chi connectivity index (χ3n) is 2.71. The summed E-state index contributed by atoms with van der Waals surface area (Å²) in [6.07, 6.45) is -0.835. The van der Waals surface area contributed by atoms with E-state index in [1.54, 1.807) is 12.1 Å². The molecule has 1 N–H and O–H groups in total. The Bertz CT molecular complexity index is 584. The molecule has 0 spiro atoms. The van der Waals surface area contributed by atoms with Gasteiger partial charge >= 0.3 is 0 Å². The lowest BCUT2D eigenvalue weighted by Gasteiger charge is -2.13. The first-order chi connectivity index (χ1) is 8.97. The van der Waals surface area contributed by atoms with Gasteiger partial charge in [-0.25, -0.2) is 8.78 Å². The van der Waals surface area contributed by atoms with Crippen LogP contribution < -0.4 is 0 Å². The molecule has 5 heteroatoms. The van der Waals surface area contributed by atoms with E-state index in [1.165, 1.54) is 24.3 Å². The van der Waals surface area contributed by atoms with E-state index in [0.717, 1.165) is 0 Å². The lowest BCUT2D eigenvalue weighted by atomic mass is 10.0. The number of aliphatic hydroxyl groups excluding tert-OH is 1. The van der Waals surface area contributed by atoms with Crippen LogP contribution in [0.15, 0.2) is 40.9 Å². The molecule has 0 fully saturated rings. The molecular weight excluding hydrogens is 338 g/mol. The molecule has 2 rings (SSSR count). The number of hydrogen-bond acceptors (Lipinski definition) is 1. The Morgan fingerprint density at radius 2 is 1.95 bits per heavy atom. The van der Waals surface area contributed by atoms with Crippen molar-refractivity contribution >= 4 is 27.5 Å². The topological polar surface area (TPSA) is 20.2 Å². The Balaban J connectivity index is 2.25. The molecule has 0 aliphatic heterocycles. The minimum absolute atomic E-state index is 0.0166. The fraction of sp³-hybridized carbons (Fsp3) is 0.143. The molecule has 2 aromatic carbocycles. The van der Waals surface area contributed by atoms with Crippen LogP contribution in [0.3, 0.4) is 0 Å². The van der Waals surface area contributed by atoms with E-state index in [0.29, 0.717) is 15.6 Å². The zero-order valence-corrected chi connectivity index (χ0v) is 12.0. The molecule has 0 aliphatic carbocycles. The molecule has 0 bridgehead atoms. The number of halogens is 4. The first-order valence-corrected chi connectivity index (χ1v) is 6.71. The summed E-state index contributed by atoms with van der Waals surface area (Å²) in [5.41, 5.74) is 0.891. The summed E-state index contributed by atoms with van der Waals surface area (Å²) in [5, 5.41) is 10.1. The minimum atomic E-state index is -0.953. The van der Waals surface area contributed by atoms with Gasteiger partial charge < -0.3 is 5.11 Å². The Hall–Kier alpha value is -0.970. The standard InChI is InChI=1S/C14H10BrClF2O/c15-10-4-9(5-11(17)7-10)13(19)6-8-2-1-3-12(18)14(8)16/h1-5,7,13,19H,6H2. The maximum Gasteiger partial charge on any atom is 0.142 e. The van der Waals surface area contributed by atoms with Crippen molar-refractivity contribution in [2.24, 2.45) is 0 Å². The van der Waals surface area contributed by atoms with Crippen molar-refractivity contribution in [3.05, 3.63) is 68.7 Å². The lowest BCUT2D eigenvalue weighted by molar-refractivity contribution is 0.178. The van der Waals surface area contributed by atoms with Crippen molar-refractivity contribution < 1.29 is 13.9 Å². The van der Waals surface area contributed by atoms with E-state index < -0.39 is 17.7 Å². The highest BCUT2D eigenvalue weighted by molar-refractivity contribution is 9.10. The quantitative estimate of drug-likeness (QED) is 0.856. The van der Waals surface area contributed by atoms with E-state index in [4.69, 9.17) is 11.6 Å². The molecule has 19 heavy (non-hydrogen) atoms. The van der Waals surface area contributed by atoms with Crippen LogP contribution in [-0.4, -0.2) is 5.11 Å². The van der Waals surface area contributed by atoms with Crippen molar-refractivity contribution in [1.29, 1.82) is 0 Å². The molecule has 1 nitrogen and oxygen atoms in total. The van der Waals surface area contributed by atoms with Crippen molar-refractivity contribution in [2.75, 3.05) is 0 Å². The Morgan fingerprint density at radius 3 is 2.63 bits per heavy atom. The fourth-order valence-electron chi connectivity index (χ4n) is 1.80. The molecule has 1 atom stereocenters. The molecule has 0 saturated heterocycles. The van der Waals surface area contributed by atoms with E-state index in [1.807, 2.05) is 0 Å². The molecule has 0 aliphatic rings. The first kappa shape index (κ1) is 14.4. The largest absolute Gasteiger partial charge is 0.388 e. The SMILES string of the molecule is OC(Cc1cccc(F)c1Cl)c1cc(F)cc(Br)c1. The van der Waals surface area contributed by atoms with Crippen LogP contribution in [0.4, 0.5) is 8.78 Å². The average Bonchev–Trinajstić information content (AvgIpc) is 2.33. The number of aliphatic hydroxyl groups is 1. The van der Waals surface area contributed by atoms with Gasteiger partial charge in [-0.2, -0.15) is 0 Å². The zero-order chi connectivity index (χ0) is 14.0. The van der Waals surface area contributed by atoms with E-state index in [9.17, 15) is 13.9 Å².